The van der Waals surface area contributed by atoms with Crippen LogP contribution in [0.2, 0.25) is 0 Å². The van der Waals surface area contributed by atoms with Gasteiger partial charge in [-0.3, -0.25) is 9.36 Å². The second-order valence-electron chi connectivity index (χ2n) is 5.91. The van der Waals surface area contributed by atoms with Gasteiger partial charge in [0, 0.05) is 13.0 Å². The summed E-state index contributed by atoms with van der Waals surface area (Å²) in [6, 6.07) is 2.16. The molecule has 2 aliphatic rings. The number of hydrogen-bond donors (Lipinski definition) is 1. The first-order valence-electron chi connectivity index (χ1n) is 7.52. The fraction of sp³-hybridized carbons (Fsp3) is 0.714. The van der Waals surface area contributed by atoms with Gasteiger partial charge in [0.25, 0.3) is 0 Å². The van der Waals surface area contributed by atoms with E-state index in [0.717, 1.165) is 37.9 Å². The summed E-state index contributed by atoms with van der Waals surface area (Å²) < 4.78 is 2.89. The standard InChI is InChI=1S/C14H19N5O2/c15-10-14(6-4-7-14)16-12(20)9-19-13(21)18-8-3-1-2-5-11(18)17-19/h1-9H2,(H,16,20). The van der Waals surface area contributed by atoms with Crippen LogP contribution < -0.4 is 11.0 Å². The number of aromatic nitrogens is 3. The Morgan fingerprint density at radius 3 is 2.81 bits per heavy atom. The summed E-state index contributed by atoms with van der Waals surface area (Å²) in [5.41, 5.74) is -0.945. The van der Waals surface area contributed by atoms with E-state index in [0.29, 0.717) is 19.4 Å². The number of fused-ring (bicyclic) bond motifs is 1. The van der Waals surface area contributed by atoms with Crippen LogP contribution >= 0.6 is 0 Å². The third kappa shape index (κ3) is 2.58. The Hall–Kier alpha value is -2.10. The summed E-state index contributed by atoms with van der Waals surface area (Å²) in [5.74, 6) is 0.454. The maximum Gasteiger partial charge on any atom is 0.346 e. The molecule has 7 nitrogen and oxygen atoms in total. The van der Waals surface area contributed by atoms with Gasteiger partial charge >= 0.3 is 5.69 Å². The molecule has 7 heteroatoms. The van der Waals surface area contributed by atoms with E-state index < -0.39 is 5.54 Å². The molecule has 0 saturated heterocycles. The number of nitrogens with one attached hydrogen (secondary N) is 1. The molecule has 1 fully saturated rings. The molecule has 1 aliphatic carbocycles. The molecule has 0 spiro atoms. The molecular weight excluding hydrogens is 270 g/mol. The number of amides is 1. The van der Waals surface area contributed by atoms with E-state index in [2.05, 4.69) is 16.5 Å². The van der Waals surface area contributed by atoms with E-state index >= 15 is 0 Å². The molecule has 1 amide bonds. The zero-order chi connectivity index (χ0) is 14.9. The van der Waals surface area contributed by atoms with Crippen molar-refractivity contribution in [1.29, 1.82) is 5.26 Å². The minimum atomic E-state index is -0.725. The van der Waals surface area contributed by atoms with Crippen LogP contribution in [-0.2, 0) is 24.3 Å². The van der Waals surface area contributed by atoms with Crippen molar-refractivity contribution in [2.45, 2.75) is 63.6 Å². The summed E-state index contributed by atoms with van der Waals surface area (Å²) in [7, 11) is 0. The predicted octanol–water partition coefficient (Wildman–Crippen LogP) is 0.334. The maximum absolute atomic E-state index is 12.2. The molecule has 1 aliphatic heterocycles. The largest absolute Gasteiger partial charge is 0.346 e. The fourth-order valence-corrected chi connectivity index (χ4v) is 2.97. The number of hydrogen-bond acceptors (Lipinski definition) is 4. The van der Waals surface area contributed by atoms with Crippen molar-refractivity contribution < 1.29 is 4.79 Å². The maximum atomic E-state index is 12.2. The smallest absolute Gasteiger partial charge is 0.336 e. The summed E-state index contributed by atoms with van der Waals surface area (Å²) in [6.07, 6.45) is 6.21. The minimum Gasteiger partial charge on any atom is -0.336 e. The Morgan fingerprint density at radius 1 is 1.33 bits per heavy atom. The van der Waals surface area contributed by atoms with Gasteiger partial charge in [0.1, 0.15) is 17.9 Å². The van der Waals surface area contributed by atoms with Gasteiger partial charge in [-0.15, -0.1) is 0 Å². The molecule has 0 atom stereocenters. The topological polar surface area (TPSA) is 92.7 Å². The monoisotopic (exact) mass is 289 g/mol. The lowest BCUT2D eigenvalue weighted by Gasteiger charge is -2.35. The van der Waals surface area contributed by atoms with Crippen molar-refractivity contribution in [3.05, 3.63) is 16.3 Å². The molecule has 1 aromatic rings. The van der Waals surface area contributed by atoms with Gasteiger partial charge in [0.15, 0.2) is 0 Å². The van der Waals surface area contributed by atoms with Crippen molar-refractivity contribution in [3.63, 3.8) is 0 Å². The van der Waals surface area contributed by atoms with Gasteiger partial charge in [-0.2, -0.15) is 10.4 Å². The summed E-state index contributed by atoms with van der Waals surface area (Å²) in [5, 5.41) is 16.1. The SMILES string of the molecule is N#CC1(NC(=O)Cn2nc3n(c2=O)CCCCC3)CCC1. The van der Waals surface area contributed by atoms with Gasteiger partial charge in [0.05, 0.1) is 6.07 Å². The zero-order valence-electron chi connectivity index (χ0n) is 12.0. The zero-order valence-corrected chi connectivity index (χ0v) is 12.0. The number of nitrogens with zero attached hydrogens (tertiary/aromatic N) is 4. The van der Waals surface area contributed by atoms with Crippen molar-refractivity contribution in [1.82, 2.24) is 19.7 Å². The highest BCUT2D eigenvalue weighted by atomic mass is 16.2. The van der Waals surface area contributed by atoms with Crippen LogP contribution in [0.3, 0.4) is 0 Å². The molecule has 0 aromatic carbocycles. The molecule has 112 valence electrons. The second-order valence-corrected chi connectivity index (χ2v) is 5.91. The van der Waals surface area contributed by atoms with E-state index in [9.17, 15) is 9.59 Å². The number of rotatable bonds is 3. The van der Waals surface area contributed by atoms with E-state index in [-0.39, 0.29) is 18.1 Å². The molecular formula is C14H19N5O2. The summed E-state index contributed by atoms with van der Waals surface area (Å²) >= 11 is 0. The van der Waals surface area contributed by atoms with Crippen LogP contribution in [-0.4, -0.2) is 25.8 Å². The van der Waals surface area contributed by atoms with Crippen molar-refractivity contribution in [3.8, 4) is 6.07 Å². The second kappa shape index (κ2) is 5.35. The van der Waals surface area contributed by atoms with E-state index in [4.69, 9.17) is 5.26 Å². The molecule has 1 aromatic heterocycles. The highest BCUT2D eigenvalue weighted by molar-refractivity contribution is 5.77. The number of carbonyl (C=O) groups excluding carboxylic acids is 1. The highest BCUT2D eigenvalue weighted by Gasteiger charge is 2.38. The Morgan fingerprint density at radius 2 is 2.14 bits per heavy atom. The van der Waals surface area contributed by atoms with Gasteiger partial charge in [-0.05, 0) is 32.1 Å². The molecule has 0 unspecified atom stereocenters. The predicted molar refractivity (Wildman–Crippen MR) is 74.4 cm³/mol. The first-order valence-corrected chi connectivity index (χ1v) is 7.52. The first-order chi connectivity index (χ1) is 10.1. The molecule has 1 N–H and O–H groups in total. The van der Waals surface area contributed by atoms with Crippen molar-refractivity contribution >= 4 is 5.91 Å². The van der Waals surface area contributed by atoms with Gasteiger partial charge < -0.3 is 5.32 Å². The Kier molecular flexibility index (Phi) is 3.53. The molecule has 0 bridgehead atoms. The number of nitriles is 1. The molecule has 0 radical (unpaired) electrons. The van der Waals surface area contributed by atoms with E-state index in [1.807, 2.05) is 0 Å². The van der Waals surface area contributed by atoms with Crippen molar-refractivity contribution in [2.24, 2.45) is 0 Å². The Bertz CT molecular complexity index is 647. The van der Waals surface area contributed by atoms with Crippen LogP contribution in [0.1, 0.15) is 44.3 Å². The van der Waals surface area contributed by atoms with Crippen LogP contribution in [0.25, 0.3) is 0 Å². The quantitative estimate of drug-likeness (QED) is 0.868. The average Bonchev–Trinajstić information content (AvgIpc) is 2.62. The lowest BCUT2D eigenvalue weighted by atomic mass is 9.78. The fourth-order valence-electron chi connectivity index (χ4n) is 2.97. The summed E-state index contributed by atoms with van der Waals surface area (Å²) in [6.45, 7) is 0.570. The summed E-state index contributed by atoms with van der Waals surface area (Å²) in [4.78, 5) is 24.3. The van der Waals surface area contributed by atoms with Crippen molar-refractivity contribution in [2.75, 3.05) is 0 Å². The van der Waals surface area contributed by atoms with Crippen LogP contribution in [0, 0.1) is 11.3 Å². The third-order valence-corrected chi connectivity index (χ3v) is 4.37. The molecule has 1 saturated carbocycles. The normalized spacial score (nSPS) is 19.8. The van der Waals surface area contributed by atoms with E-state index in [1.54, 1.807) is 4.57 Å². The molecule has 3 rings (SSSR count). The average molecular weight is 289 g/mol. The van der Waals surface area contributed by atoms with Gasteiger partial charge in [0.2, 0.25) is 5.91 Å². The van der Waals surface area contributed by atoms with Gasteiger partial charge in [-0.25, -0.2) is 9.48 Å². The Labute approximate surface area is 122 Å². The lowest BCUT2D eigenvalue weighted by Crippen LogP contribution is -2.53. The number of carbonyl (C=O) groups is 1. The van der Waals surface area contributed by atoms with Gasteiger partial charge in [-0.1, -0.05) is 6.42 Å². The van der Waals surface area contributed by atoms with Crippen LogP contribution in [0.15, 0.2) is 4.79 Å². The third-order valence-electron chi connectivity index (χ3n) is 4.37. The molecule has 21 heavy (non-hydrogen) atoms. The minimum absolute atomic E-state index is 0.109. The lowest BCUT2D eigenvalue weighted by molar-refractivity contribution is -0.124. The van der Waals surface area contributed by atoms with Crippen LogP contribution in [0.4, 0.5) is 0 Å². The van der Waals surface area contributed by atoms with Crippen LogP contribution in [0.5, 0.6) is 0 Å². The molecule has 2 heterocycles. The Balaban J connectivity index is 1.72. The first kappa shape index (κ1) is 13.9. The number of aryl methyl sites for hydroxylation is 1. The highest BCUT2D eigenvalue weighted by Crippen LogP contribution is 2.30. The van der Waals surface area contributed by atoms with E-state index in [1.165, 1.54) is 4.68 Å².